The molecule has 122 valence electrons. The Morgan fingerprint density at radius 3 is 2.32 bits per heavy atom. The van der Waals surface area contributed by atoms with Gasteiger partial charge in [-0.05, 0) is 51.0 Å². The number of carbonyl (C=O) groups is 2. The molecule has 0 fully saturated rings. The van der Waals surface area contributed by atoms with E-state index in [1.54, 1.807) is 11.8 Å². The molecule has 4 nitrogen and oxygen atoms in total. The van der Waals surface area contributed by atoms with Crippen molar-refractivity contribution in [1.29, 1.82) is 0 Å². The number of rotatable bonds is 7. The predicted octanol–water partition coefficient (Wildman–Crippen LogP) is 3.20. The number of hydrogen-bond acceptors (Lipinski definition) is 3. The van der Waals surface area contributed by atoms with Crippen LogP contribution in [0.2, 0.25) is 0 Å². The lowest BCUT2D eigenvalue weighted by Crippen LogP contribution is -2.25. The van der Waals surface area contributed by atoms with E-state index in [1.807, 2.05) is 20.8 Å². The molecule has 0 spiro atoms. The molecule has 2 N–H and O–H groups in total. The van der Waals surface area contributed by atoms with E-state index in [1.165, 1.54) is 12.5 Å². The van der Waals surface area contributed by atoms with Crippen molar-refractivity contribution in [1.82, 2.24) is 5.32 Å². The maximum Gasteiger partial charge on any atom is 0.237 e. The van der Waals surface area contributed by atoms with Crippen molar-refractivity contribution >= 4 is 29.3 Å². The molecule has 0 aromatic heterocycles. The van der Waals surface area contributed by atoms with Crippen LogP contribution in [-0.4, -0.2) is 29.4 Å². The molecule has 0 aliphatic heterocycles. The minimum Gasteiger partial charge on any atom is -0.356 e. The summed E-state index contributed by atoms with van der Waals surface area (Å²) in [4.78, 5) is 23.0. The number of nitrogens with one attached hydrogen (secondary N) is 2. The number of thioether (sulfide) groups is 1. The first-order valence-corrected chi connectivity index (χ1v) is 8.61. The molecular formula is C17H26N2O2S. The van der Waals surface area contributed by atoms with Crippen LogP contribution in [-0.2, 0) is 9.59 Å². The number of benzene rings is 1. The summed E-state index contributed by atoms with van der Waals surface area (Å²) in [5.74, 6) is 0.862. The third-order valence-corrected chi connectivity index (χ3v) is 4.60. The Balaban J connectivity index is 2.46. The second-order valence-electron chi connectivity index (χ2n) is 5.61. The first kappa shape index (κ1) is 18.6. The van der Waals surface area contributed by atoms with Gasteiger partial charge in [-0.1, -0.05) is 17.7 Å². The summed E-state index contributed by atoms with van der Waals surface area (Å²) in [5, 5.41) is 5.68. The molecular weight excluding hydrogens is 296 g/mol. The van der Waals surface area contributed by atoms with Crippen LogP contribution in [0.5, 0.6) is 0 Å². The van der Waals surface area contributed by atoms with Gasteiger partial charge in [0.05, 0.1) is 5.25 Å². The van der Waals surface area contributed by atoms with Crippen LogP contribution < -0.4 is 10.6 Å². The van der Waals surface area contributed by atoms with E-state index >= 15 is 0 Å². The zero-order chi connectivity index (χ0) is 16.7. The van der Waals surface area contributed by atoms with Crippen LogP contribution in [0.25, 0.3) is 0 Å². The van der Waals surface area contributed by atoms with Crippen LogP contribution in [0.4, 0.5) is 5.69 Å². The van der Waals surface area contributed by atoms with Gasteiger partial charge in [-0.15, -0.1) is 11.8 Å². The summed E-state index contributed by atoms with van der Waals surface area (Å²) in [5.41, 5.74) is 4.30. The van der Waals surface area contributed by atoms with E-state index in [2.05, 4.69) is 29.7 Å². The van der Waals surface area contributed by atoms with E-state index in [4.69, 9.17) is 0 Å². The third-order valence-electron chi connectivity index (χ3n) is 3.36. The van der Waals surface area contributed by atoms with Crippen molar-refractivity contribution in [3.8, 4) is 0 Å². The Hall–Kier alpha value is -1.49. The van der Waals surface area contributed by atoms with Crippen molar-refractivity contribution in [3.63, 3.8) is 0 Å². The van der Waals surface area contributed by atoms with Crippen molar-refractivity contribution in [3.05, 3.63) is 28.8 Å². The van der Waals surface area contributed by atoms with Crippen LogP contribution in [0.3, 0.4) is 0 Å². The molecule has 1 aromatic carbocycles. The molecule has 2 amide bonds. The van der Waals surface area contributed by atoms with Crippen LogP contribution in [0, 0.1) is 20.8 Å². The highest BCUT2D eigenvalue weighted by Gasteiger charge is 2.15. The van der Waals surface area contributed by atoms with Crippen LogP contribution >= 0.6 is 11.8 Å². The molecule has 1 atom stereocenters. The largest absolute Gasteiger partial charge is 0.356 e. The SMILES string of the molecule is CC(=O)NCCCS[C@@H](C)C(=O)Nc1c(C)cc(C)cc1C. The summed E-state index contributed by atoms with van der Waals surface area (Å²) in [6, 6.07) is 4.15. The van der Waals surface area contributed by atoms with Gasteiger partial charge in [-0.3, -0.25) is 9.59 Å². The van der Waals surface area contributed by atoms with Gasteiger partial charge >= 0.3 is 0 Å². The maximum atomic E-state index is 12.3. The molecule has 22 heavy (non-hydrogen) atoms. The molecule has 1 aromatic rings. The fraction of sp³-hybridized carbons (Fsp3) is 0.529. The summed E-state index contributed by atoms with van der Waals surface area (Å²) >= 11 is 1.61. The first-order chi connectivity index (χ1) is 10.3. The fourth-order valence-corrected chi connectivity index (χ4v) is 3.15. The molecule has 0 aliphatic rings. The number of carbonyl (C=O) groups excluding carboxylic acids is 2. The molecule has 1 rings (SSSR count). The number of amides is 2. The quantitative estimate of drug-likeness (QED) is 0.758. The lowest BCUT2D eigenvalue weighted by atomic mass is 10.1. The van der Waals surface area contributed by atoms with Gasteiger partial charge in [0.25, 0.3) is 0 Å². The Morgan fingerprint density at radius 2 is 1.77 bits per heavy atom. The molecule has 0 saturated carbocycles. The molecule has 0 saturated heterocycles. The molecule has 5 heteroatoms. The number of hydrogen-bond donors (Lipinski definition) is 2. The average Bonchev–Trinajstić information content (AvgIpc) is 2.41. The molecule has 0 heterocycles. The van der Waals surface area contributed by atoms with E-state index < -0.39 is 0 Å². The fourth-order valence-electron chi connectivity index (χ4n) is 2.27. The van der Waals surface area contributed by atoms with Gasteiger partial charge in [-0.2, -0.15) is 0 Å². The third kappa shape index (κ3) is 6.10. The van der Waals surface area contributed by atoms with Gasteiger partial charge in [0, 0.05) is 19.2 Å². The van der Waals surface area contributed by atoms with Crippen molar-refractivity contribution in [2.75, 3.05) is 17.6 Å². The molecule has 0 aliphatic carbocycles. The monoisotopic (exact) mass is 322 g/mol. The van der Waals surface area contributed by atoms with Gasteiger partial charge in [0.1, 0.15) is 0 Å². The Morgan fingerprint density at radius 1 is 1.18 bits per heavy atom. The lowest BCUT2D eigenvalue weighted by molar-refractivity contribution is -0.119. The number of aryl methyl sites for hydroxylation is 3. The second-order valence-corrected chi connectivity index (χ2v) is 7.06. The summed E-state index contributed by atoms with van der Waals surface area (Å²) in [6.45, 7) is 10.2. The number of anilines is 1. The Kier molecular flexibility index (Phi) is 7.45. The van der Waals surface area contributed by atoms with E-state index in [0.29, 0.717) is 6.54 Å². The molecule has 0 radical (unpaired) electrons. The normalized spacial score (nSPS) is 11.9. The van der Waals surface area contributed by atoms with Gasteiger partial charge in [-0.25, -0.2) is 0 Å². The van der Waals surface area contributed by atoms with Gasteiger partial charge < -0.3 is 10.6 Å². The highest BCUT2D eigenvalue weighted by Crippen LogP contribution is 2.23. The van der Waals surface area contributed by atoms with Crippen molar-refractivity contribution in [2.24, 2.45) is 0 Å². The van der Waals surface area contributed by atoms with E-state index in [9.17, 15) is 9.59 Å². The first-order valence-electron chi connectivity index (χ1n) is 7.56. The smallest absolute Gasteiger partial charge is 0.237 e. The Labute approximate surface area is 137 Å². The highest BCUT2D eigenvalue weighted by molar-refractivity contribution is 8.00. The predicted molar refractivity (Wildman–Crippen MR) is 94.5 cm³/mol. The average molecular weight is 322 g/mol. The summed E-state index contributed by atoms with van der Waals surface area (Å²) < 4.78 is 0. The molecule has 0 bridgehead atoms. The molecule has 0 unspecified atom stereocenters. The summed E-state index contributed by atoms with van der Waals surface area (Å²) in [7, 11) is 0. The van der Waals surface area contributed by atoms with Crippen LogP contribution in [0.1, 0.15) is 37.0 Å². The maximum absolute atomic E-state index is 12.3. The highest BCUT2D eigenvalue weighted by atomic mass is 32.2. The zero-order valence-electron chi connectivity index (χ0n) is 14.1. The minimum absolute atomic E-state index is 0.0129. The van der Waals surface area contributed by atoms with Gasteiger partial charge in [0.2, 0.25) is 11.8 Å². The van der Waals surface area contributed by atoms with E-state index in [0.717, 1.165) is 29.0 Å². The summed E-state index contributed by atoms with van der Waals surface area (Å²) in [6.07, 6.45) is 0.866. The topological polar surface area (TPSA) is 58.2 Å². The van der Waals surface area contributed by atoms with Crippen molar-refractivity contribution in [2.45, 2.75) is 46.3 Å². The second kappa shape index (κ2) is 8.83. The Bertz CT molecular complexity index is 520. The van der Waals surface area contributed by atoms with Gasteiger partial charge in [0.15, 0.2) is 0 Å². The van der Waals surface area contributed by atoms with E-state index in [-0.39, 0.29) is 17.1 Å². The van der Waals surface area contributed by atoms with Crippen LogP contribution in [0.15, 0.2) is 12.1 Å². The zero-order valence-corrected chi connectivity index (χ0v) is 14.9. The lowest BCUT2D eigenvalue weighted by Gasteiger charge is -2.16. The van der Waals surface area contributed by atoms with Crippen molar-refractivity contribution < 1.29 is 9.59 Å². The minimum atomic E-state index is -0.113. The standard InChI is InChI=1S/C17H26N2O2S/c1-11-9-12(2)16(13(3)10-11)19-17(21)14(4)22-8-6-7-18-15(5)20/h9-10,14H,6-8H2,1-5H3,(H,18,20)(H,19,21)/t14-/m0/s1.